The Morgan fingerprint density at radius 1 is 1.10 bits per heavy atom. The Bertz CT molecular complexity index is 990. The monoisotopic (exact) mass is 426 g/mol. The fourth-order valence-electron chi connectivity index (χ4n) is 3.50. The van der Waals surface area contributed by atoms with Gasteiger partial charge in [0, 0.05) is 11.7 Å². The largest absolute Gasteiger partial charge is 0.483 e. The van der Waals surface area contributed by atoms with Crippen LogP contribution >= 0.6 is 11.8 Å². The van der Waals surface area contributed by atoms with Crippen molar-refractivity contribution in [1.29, 1.82) is 0 Å². The molecule has 1 N–H and O–H groups in total. The lowest BCUT2D eigenvalue weighted by Crippen LogP contribution is -2.33. The van der Waals surface area contributed by atoms with Crippen LogP contribution in [-0.2, 0) is 11.4 Å². The van der Waals surface area contributed by atoms with E-state index >= 15 is 0 Å². The molecule has 0 bridgehead atoms. The van der Waals surface area contributed by atoms with Gasteiger partial charge < -0.3 is 10.1 Å². The molecule has 0 atom stereocenters. The lowest BCUT2D eigenvalue weighted by Gasteiger charge is -2.13. The van der Waals surface area contributed by atoms with E-state index in [9.17, 15) is 9.18 Å². The van der Waals surface area contributed by atoms with Crippen LogP contribution in [0.2, 0.25) is 0 Å². The second-order valence-electron chi connectivity index (χ2n) is 7.13. The molecule has 2 aromatic carbocycles. The predicted molar refractivity (Wildman–Crippen MR) is 113 cm³/mol. The highest BCUT2D eigenvalue weighted by Gasteiger charge is 2.20. The molecule has 0 saturated heterocycles. The van der Waals surface area contributed by atoms with Crippen molar-refractivity contribution in [2.45, 2.75) is 43.5 Å². The molecule has 0 unspecified atom stereocenters. The number of nitrogens with zero attached hydrogens (tertiary/aromatic N) is 3. The minimum absolute atomic E-state index is 0.00123. The molecule has 1 saturated carbocycles. The van der Waals surface area contributed by atoms with Crippen molar-refractivity contribution in [3.05, 3.63) is 66.2 Å². The zero-order valence-electron chi connectivity index (χ0n) is 16.5. The first-order valence-corrected chi connectivity index (χ1v) is 11.0. The van der Waals surface area contributed by atoms with Gasteiger partial charge in [-0.05, 0) is 37.1 Å². The summed E-state index contributed by atoms with van der Waals surface area (Å²) in [5, 5.41) is 12.2. The molecule has 1 heterocycles. The molecule has 3 aromatic rings. The summed E-state index contributed by atoms with van der Waals surface area (Å²) in [6.45, 7) is 0.0532. The third kappa shape index (κ3) is 4.99. The second-order valence-corrected chi connectivity index (χ2v) is 8.07. The molecule has 1 amide bonds. The Labute approximate surface area is 178 Å². The zero-order valence-corrected chi connectivity index (χ0v) is 17.3. The van der Waals surface area contributed by atoms with Crippen molar-refractivity contribution in [2.75, 3.05) is 5.75 Å². The van der Waals surface area contributed by atoms with E-state index in [0.717, 1.165) is 18.5 Å². The van der Waals surface area contributed by atoms with Crippen molar-refractivity contribution >= 4 is 17.7 Å². The van der Waals surface area contributed by atoms with Crippen LogP contribution in [0.4, 0.5) is 4.39 Å². The molecule has 0 radical (unpaired) electrons. The number of halogens is 1. The Morgan fingerprint density at radius 3 is 2.60 bits per heavy atom. The average Bonchev–Trinajstić information content (AvgIpc) is 3.42. The number of nitrogens with one attached hydrogen (secondary N) is 1. The number of aromatic nitrogens is 3. The molecule has 1 aromatic heterocycles. The van der Waals surface area contributed by atoms with Gasteiger partial charge in [0.05, 0.1) is 5.75 Å². The fourth-order valence-corrected chi connectivity index (χ4v) is 4.28. The van der Waals surface area contributed by atoms with E-state index in [-0.39, 0.29) is 30.1 Å². The number of thioether (sulfide) groups is 1. The van der Waals surface area contributed by atoms with Gasteiger partial charge in [0.25, 0.3) is 0 Å². The molecule has 1 aliphatic rings. The Kier molecular flexibility index (Phi) is 6.63. The van der Waals surface area contributed by atoms with Crippen molar-refractivity contribution in [3.8, 4) is 11.4 Å². The summed E-state index contributed by atoms with van der Waals surface area (Å²) in [5.74, 6) is 0.517. The van der Waals surface area contributed by atoms with E-state index in [0.29, 0.717) is 11.0 Å². The van der Waals surface area contributed by atoms with Crippen LogP contribution < -0.4 is 10.1 Å². The van der Waals surface area contributed by atoms with E-state index in [4.69, 9.17) is 4.74 Å². The zero-order chi connectivity index (χ0) is 20.8. The van der Waals surface area contributed by atoms with Gasteiger partial charge >= 0.3 is 0 Å². The molecule has 0 aliphatic heterocycles. The summed E-state index contributed by atoms with van der Waals surface area (Å²) in [4.78, 5) is 12.3. The molecule has 30 heavy (non-hydrogen) atoms. The van der Waals surface area contributed by atoms with Gasteiger partial charge in [-0.3, -0.25) is 9.36 Å². The SMILES string of the molecule is O=C(CSc1nnc(COc2ccccc2F)n1-c1ccccc1)NC1CCCC1. The maximum atomic E-state index is 13.9. The minimum atomic E-state index is -0.429. The van der Waals surface area contributed by atoms with Gasteiger partial charge in [0.2, 0.25) is 5.91 Å². The predicted octanol–water partition coefficient (Wildman–Crippen LogP) is 4.14. The molecular formula is C22H23FN4O2S. The number of rotatable bonds is 8. The van der Waals surface area contributed by atoms with Gasteiger partial charge in [-0.15, -0.1) is 10.2 Å². The average molecular weight is 427 g/mol. The number of amides is 1. The van der Waals surface area contributed by atoms with Crippen LogP contribution in [0.15, 0.2) is 59.8 Å². The summed E-state index contributed by atoms with van der Waals surface area (Å²) in [5.41, 5.74) is 0.855. The van der Waals surface area contributed by atoms with E-state index in [1.807, 2.05) is 34.9 Å². The molecular weight excluding hydrogens is 403 g/mol. The van der Waals surface area contributed by atoms with E-state index < -0.39 is 5.82 Å². The molecule has 156 valence electrons. The summed E-state index contributed by atoms with van der Waals surface area (Å²) in [6, 6.07) is 16.1. The third-order valence-corrected chi connectivity index (χ3v) is 5.89. The summed E-state index contributed by atoms with van der Waals surface area (Å²) in [7, 11) is 0. The molecule has 8 heteroatoms. The van der Waals surface area contributed by atoms with Crippen molar-refractivity contribution in [2.24, 2.45) is 0 Å². The fraction of sp³-hybridized carbons (Fsp3) is 0.318. The number of hydrogen-bond donors (Lipinski definition) is 1. The number of carbonyl (C=O) groups excluding carboxylic acids is 1. The minimum Gasteiger partial charge on any atom is -0.483 e. The first-order chi connectivity index (χ1) is 14.7. The number of ether oxygens (including phenoxy) is 1. The molecule has 0 spiro atoms. The highest BCUT2D eigenvalue weighted by molar-refractivity contribution is 7.99. The topological polar surface area (TPSA) is 69.0 Å². The summed E-state index contributed by atoms with van der Waals surface area (Å²) >= 11 is 1.33. The Balaban J connectivity index is 1.49. The van der Waals surface area contributed by atoms with Crippen LogP contribution in [0.3, 0.4) is 0 Å². The first-order valence-electron chi connectivity index (χ1n) is 10.00. The molecule has 4 rings (SSSR count). The van der Waals surface area contributed by atoms with E-state index in [1.54, 1.807) is 18.2 Å². The van der Waals surface area contributed by atoms with Crippen LogP contribution in [0, 0.1) is 5.82 Å². The normalized spacial score (nSPS) is 14.0. The molecule has 6 nitrogen and oxygen atoms in total. The lowest BCUT2D eigenvalue weighted by atomic mass is 10.2. The van der Waals surface area contributed by atoms with Crippen LogP contribution in [-0.4, -0.2) is 32.5 Å². The van der Waals surface area contributed by atoms with E-state index in [2.05, 4.69) is 15.5 Å². The first kappa shape index (κ1) is 20.4. The number of benzene rings is 2. The molecule has 1 fully saturated rings. The second kappa shape index (κ2) is 9.75. The van der Waals surface area contributed by atoms with Crippen LogP contribution in [0.25, 0.3) is 5.69 Å². The maximum Gasteiger partial charge on any atom is 0.230 e. The van der Waals surface area contributed by atoms with Gasteiger partial charge in [-0.2, -0.15) is 0 Å². The Morgan fingerprint density at radius 2 is 1.83 bits per heavy atom. The van der Waals surface area contributed by atoms with Gasteiger partial charge in [0.1, 0.15) is 6.61 Å². The Hall–Kier alpha value is -2.87. The smallest absolute Gasteiger partial charge is 0.230 e. The highest BCUT2D eigenvalue weighted by atomic mass is 32.2. The van der Waals surface area contributed by atoms with Crippen LogP contribution in [0.5, 0.6) is 5.75 Å². The maximum absolute atomic E-state index is 13.9. The van der Waals surface area contributed by atoms with Gasteiger partial charge in [-0.1, -0.05) is 54.9 Å². The van der Waals surface area contributed by atoms with Crippen molar-refractivity contribution in [3.63, 3.8) is 0 Å². The third-order valence-electron chi connectivity index (χ3n) is 4.96. The van der Waals surface area contributed by atoms with Crippen molar-refractivity contribution in [1.82, 2.24) is 20.1 Å². The summed E-state index contributed by atoms with van der Waals surface area (Å²) < 4.78 is 21.3. The quantitative estimate of drug-likeness (QED) is 0.549. The number of carbonyl (C=O) groups is 1. The summed E-state index contributed by atoms with van der Waals surface area (Å²) in [6.07, 6.45) is 4.44. The standard InChI is InChI=1S/C22H23FN4O2S/c23-18-12-6-7-13-19(18)29-14-20-25-26-22(27(20)17-10-2-1-3-11-17)30-15-21(28)24-16-8-4-5-9-16/h1-3,6-7,10-13,16H,4-5,8-9,14-15H2,(H,24,28). The van der Waals surface area contributed by atoms with Crippen LogP contribution in [0.1, 0.15) is 31.5 Å². The molecule has 1 aliphatic carbocycles. The number of para-hydroxylation sites is 2. The van der Waals surface area contributed by atoms with Crippen molar-refractivity contribution < 1.29 is 13.9 Å². The van der Waals surface area contributed by atoms with E-state index in [1.165, 1.54) is 30.7 Å². The lowest BCUT2D eigenvalue weighted by molar-refractivity contribution is -0.119. The number of hydrogen-bond acceptors (Lipinski definition) is 5. The highest BCUT2D eigenvalue weighted by Crippen LogP contribution is 2.24. The van der Waals surface area contributed by atoms with Gasteiger partial charge in [0.15, 0.2) is 22.5 Å². The van der Waals surface area contributed by atoms with Gasteiger partial charge in [-0.25, -0.2) is 4.39 Å².